The fourth-order valence-electron chi connectivity index (χ4n) is 2.80. The smallest absolute Gasteiger partial charge is 0.269 e. The number of fused-ring (bicyclic) bond motifs is 1. The van der Waals surface area contributed by atoms with Crippen LogP contribution < -0.4 is 10.2 Å². The molecule has 1 N–H and O–H groups in total. The maximum Gasteiger partial charge on any atom is 0.269 e. The predicted octanol–water partition coefficient (Wildman–Crippen LogP) is 1.96. The summed E-state index contributed by atoms with van der Waals surface area (Å²) in [5.74, 6) is -0.0675. The number of anilines is 1. The molecule has 0 unspecified atom stereocenters. The number of hydrogen-bond donors (Lipinski definition) is 1. The molecule has 1 aliphatic rings. The number of amides is 1. The summed E-state index contributed by atoms with van der Waals surface area (Å²) in [7, 11) is 1.79. The minimum atomic E-state index is -0.0675. The highest BCUT2D eigenvalue weighted by atomic mass is 32.1. The minimum Gasteiger partial charge on any atom is -0.344 e. The molecule has 0 radical (unpaired) electrons. The Labute approximate surface area is 137 Å². The van der Waals surface area contributed by atoms with Crippen molar-refractivity contribution in [3.63, 3.8) is 0 Å². The van der Waals surface area contributed by atoms with Gasteiger partial charge in [-0.2, -0.15) is 5.10 Å². The van der Waals surface area contributed by atoms with Gasteiger partial charge in [0.1, 0.15) is 5.69 Å². The Balaban J connectivity index is 1.39. The number of hydrogen-bond acceptors (Lipinski definition) is 5. The Hall–Kier alpha value is -2.41. The highest BCUT2D eigenvalue weighted by Crippen LogP contribution is 2.31. The van der Waals surface area contributed by atoms with E-state index in [9.17, 15) is 4.79 Å². The Bertz CT molecular complexity index is 845. The van der Waals surface area contributed by atoms with Crippen molar-refractivity contribution in [3.8, 4) is 0 Å². The Kier molecular flexibility index (Phi) is 3.30. The van der Waals surface area contributed by atoms with E-state index in [1.165, 1.54) is 4.70 Å². The quantitative estimate of drug-likeness (QED) is 0.799. The molecular formula is C16H17N5OS. The van der Waals surface area contributed by atoms with Crippen LogP contribution in [0.3, 0.4) is 0 Å². The first-order valence-corrected chi connectivity index (χ1v) is 8.34. The maximum atomic E-state index is 12.3. The number of rotatable bonds is 3. The van der Waals surface area contributed by atoms with Crippen LogP contribution in [0.2, 0.25) is 0 Å². The summed E-state index contributed by atoms with van der Waals surface area (Å²) in [6, 6.07) is 10.1. The fraction of sp³-hybridized carbons (Fsp3) is 0.312. The minimum absolute atomic E-state index is 0.0675. The Morgan fingerprint density at radius 3 is 2.83 bits per heavy atom. The normalized spacial score (nSPS) is 15.0. The number of carbonyl (C=O) groups is 1. The van der Waals surface area contributed by atoms with Crippen LogP contribution in [0.5, 0.6) is 0 Å². The molecule has 23 heavy (non-hydrogen) atoms. The Morgan fingerprint density at radius 1 is 1.35 bits per heavy atom. The molecule has 0 aliphatic carbocycles. The summed E-state index contributed by atoms with van der Waals surface area (Å²) in [5.41, 5.74) is 2.48. The van der Waals surface area contributed by atoms with Crippen molar-refractivity contribution in [1.82, 2.24) is 20.1 Å². The van der Waals surface area contributed by atoms with E-state index < -0.39 is 0 Å². The average Bonchev–Trinajstić information content (AvgIpc) is 3.04. The van der Waals surface area contributed by atoms with Crippen molar-refractivity contribution in [2.24, 2.45) is 7.05 Å². The molecule has 1 fully saturated rings. The monoisotopic (exact) mass is 327 g/mol. The molecule has 0 atom stereocenters. The molecule has 118 valence electrons. The second-order valence-corrected chi connectivity index (χ2v) is 6.84. The SMILES string of the molecule is Cc1cc(C(=O)NC2CN(c3nc4ccccc4s3)C2)n(C)n1. The van der Waals surface area contributed by atoms with Crippen LogP contribution in [0.4, 0.5) is 5.13 Å². The van der Waals surface area contributed by atoms with Gasteiger partial charge in [-0.25, -0.2) is 4.98 Å². The summed E-state index contributed by atoms with van der Waals surface area (Å²) in [5, 5.41) is 8.28. The van der Waals surface area contributed by atoms with Crippen molar-refractivity contribution >= 4 is 32.6 Å². The molecule has 0 spiro atoms. The highest BCUT2D eigenvalue weighted by Gasteiger charge is 2.31. The van der Waals surface area contributed by atoms with Gasteiger partial charge >= 0.3 is 0 Å². The summed E-state index contributed by atoms with van der Waals surface area (Å²) in [6.07, 6.45) is 0. The largest absolute Gasteiger partial charge is 0.344 e. The standard InChI is InChI=1S/C16H17N5OS/c1-10-7-13(20(2)19-10)15(22)17-11-8-21(9-11)16-18-12-5-3-4-6-14(12)23-16/h3-7,11H,8-9H2,1-2H3,(H,17,22). The molecule has 1 aromatic carbocycles. The number of aromatic nitrogens is 3. The summed E-state index contributed by atoms with van der Waals surface area (Å²) < 4.78 is 2.81. The van der Waals surface area contributed by atoms with Gasteiger partial charge in [0.15, 0.2) is 5.13 Å². The fourth-order valence-corrected chi connectivity index (χ4v) is 3.79. The number of carbonyl (C=O) groups excluding carboxylic acids is 1. The zero-order chi connectivity index (χ0) is 16.0. The molecule has 4 rings (SSSR count). The predicted molar refractivity (Wildman–Crippen MR) is 91.0 cm³/mol. The van der Waals surface area contributed by atoms with E-state index in [1.54, 1.807) is 29.1 Å². The van der Waals surface area contributed by atoms with Gasteiger partial charge in [-0.15, -0.1) is 0 Å². The molecule has 7 heteroatoms. The first-order valence-electron chi connectivity index (χ1n) is 7.52. The lowest BCUT2D eigenvalue weighted by Gasteiger charge is -2.39. The zero-order valence-corrected chi connectivity index (χ0v) is 13.8. The van der Waals surface area contributed by atoms with E-state index in [0.29, 0.717) is 5.69 Å². The molecule has 2 aromatic heterocycles. The molecule has 0 saturated carbocycles. The number of nitrogens with one attached hydrogen (secondary N) is 1. The molecular weight excluding hydrogens is 310 g/mol. The van der Waals surface area contributed by atoms with Crippen LogP contribution in [-0.4, -0.2) is 39.8 Å². The lowest BCUT2D eigenvalue weighted by Crippen LogP contribution is -2.59. The van der Waals surface area contributed by atoms with Gasteiger partial charge in [-0.3, -0.25) is 9.48 Å². The first kappa shape index (κ1) is 14.2. The van der Waals surface area contributed by atoms with Gasteiger partial charge in [0.05, 0.1) is 22.0 Å². The van der Waals surface area contributed by atoms with Crippen LogP contribution >= 0.6 is 11.3 Å². The summed E-state index contributed by atoms with van der Waals surface area (Å²) in [4.78, 5) is 19.1. The van der Waals surface area contributed by atoms with Crippen LogP contribution in [0.25, 0.3) is 10.2 Å². The van der Waals surface area contributed by atoms with Crippen molar-refractivity contribution in [1.29, 1.82) is 0 Å². The third-order valence-electron chi connectivity index (χ3n) is 4.00. The van der Waals surface area contributed by atoms with Gasteiger partial charge < -0.3 is 10.2 Å². The van der Waals surface area contributed by atoms with E-state index in [2.05, 4.69) is 26.4 Å². The molecule has 3 aromatic rings. The van der Waals surface area contributed by atoms with Crippen LogP contribution in [0.15, 0.2) is 30.3 Å². The zero-order valence-electron chi connectivity index (χ0n) is 13.0. The third kappa shape index (κ3) is 2.57. The van der Waals surface area contributed by atoms with Gasteiger partial charge in [0, 0.05) is 20.1 Å². The maximum absolute atomic E-state index is 12.3. The van der Waals surface area contributed by atoms with E-state index in [-0.39, 0.29) is 11.9 Å². The van der Waals surface area contributed by atoms with Crippen LogP contribution in [0, 0.1) is 6.92 Å². The van der Waals surface area contributed by atoms with E-state index in [0.717, 1.165) is 29.4 Å². The summed E-state index contributed by atoms with van der Waals surface area (Å²) in [6.45, 7) is 3.47. The Morgan fingerprint density at radius 2 is 2.13 bits per heavy atom. The highest BCUT2D eigenvalue weighted by molar-refractivity contribution is 7.22. The van der Waals surface area contributed by atoms with Crippen molar-refractivity contribution < 1.29 is 4.79 Å². The van der Waals surface area contributed by atoms with E-state index in [1.807, 2.05) is 25.1 Å². The number of benzene rings is 1. The van der Waals surface area contributed by atoms with Crippen molar-refractivity contribution in [2.45, 2.75) is 13.0 Å². The van der Waals surface area contributed by atoms with Gasteiger partial charge in [-0.05, 0) is 25.1 Å². The molecule has 1 aliphatic heterocycles. The van der Waals surface area contributed by atoms with Crippen molar-refractivity contribution in [3.05, 3.63) is 41.7 Å². The van der Waals surface area contributed by atoms with Gasteiger partial charge in [0.25, 0.3) is 5.91 Å². The number of nitrogens with zero attached hydrogens (tertiary/aromatic N) is 4. The van der Waals surface area contributed by atoms with Crippen LogP contribution in [0.1, 0.15) is 16.2 Å². The number of para-hydroxylation sites is 1. The topological polar surface area (TPSA) is 63.1 Å². The second kappa shape index (κ2) is 5.34. The average molecular weight is 327 g/mol. The molecule has 6 nitrogen and oxygen atoms in total. The lowest BCUT2D eigenvalue weighted by molar-refractivity contribution is 0.0920. The lowest BCUT2D eigenvalue weighted by atomic mass is 10.1. The van der Waals surface area contributed by atoms with Crippen LogP contribution in [-0.2, 0) is 7.05 Å². The molecule has 1 saturated heterocycles. The van der Waals surface area contributed by atoms with Gasteiger partial charge in [-0.1, -0.05) is 23.5 Å². The van der Waals surface area contributed by atoms with E-state index in [4.69, 9.17) is 0 Å². The van der Waals surface area contributed by atoms with Crippen molar-refractivity contribution in [2.75, 3.05) is 18.0 Å². The third-order valence-corrected chi connectivity index (χ3v) is 5.10. The van der Waals surface area contributed by atoms with E-state index >= 15 is 0 Å². The summed E-state index contributed by atoms with van der Waals surface area (Å²) >= 11 is 1.69. The molecule has 0 bridgehead atoms. The first-order chi connectivity index (χ1) is 11.1. The number of aryl methyl sites for hydroxylation is 2. The number of thiazole rings is 1. The molecule has 1 amide bonds. The second-order valence-electron chi connectivity index (χ2n) is 5.83. The molecule has 3 heterocycles. The van der Waals surface area contributed by atoms with Gasteiger partial charge in [0.2, 0.25) is 0 Å².